The Kier molecular flexibility index (Phi) is 3.11. The smallest absolute Gasteiger partial charge is 0.263 e. The van der Waals surface area contributed by atoms with Gasteiger partial charge in [0.15, 0.2) is 0 Å². The van der Waals surface area contributed by atoms with Crippen molar-refractivity contribution in [3.8, 4) is 0 Å². The van der Waals surface area contributed by atoms with Crippen LogP contribution in [0.2, 0.25) is 0 Å². The fourth-order valence-corrected chi connectivity index (χ4v) is 3.50. The molecule has 0 fully saturated rings. The molecule has 1 aliphatic carbocycles. The fourth-order valence-electron chi connectivity index (χ4n) is 2.67. The maximum atomic E-state index is 12.3. The van der Waals surface area contributed by atoms with Crippen molar-refractivity contribution in [3.05, 3.63) is 51.0 Å². The number of aromatic nitrogens is 1. The average Bonchev–Trinajstić information content (AvgIpc) is 2.94. The van der Waals surface area contributed by atoms with E-state index in [1.807, 2.05) is 19.9 Å². The Bertz CT molecular complexity index is 633. The molecule has 0 radical (unpaired) electrons. The van der Waals surface area contributed by atoms with Gasteiger partial charge in [-0.15, -0.1) is 11.3 Å². The quantitative estimate of drug-likeness (QED) is 0.912. The first-order chi connectivity index (χ1) is 9.15. The normalized spacial score (nSPS) is 17.3. The second kappa shape index (κ2) is 4.78. The summed E-state index contributed by atoms with van der Waals surface area (Å²) in [5, 5.41) is 4.08. The van der Waals surface area contributed by atoms with Crippen molar-refractivity contribution in [2.45, 2.75) is 32.7 Å². The molecule has 1 N–H and O–H groups in total. The van der Waals surface area contributed by atoms with Gasteiger partial charge in [-0.1, -0.05) is 24.3 Å². The average molecular weight is 272 g/mol. The highest BCUT2D eigenvalue weighted by Gasteiger charge is 2.25. The van der Waals surface area contributed by atoms with Crippen molar-refractivity contribution in [2.75, 3.05) is 0 Å². The molecule has 2 aromatic rings. The van der Waals surface area contributed by atoms with Gasteiger partial charge in [-0.25, -0.2) is 4.98 Å². The van der Waals surface area contributed by atoms with Crippen LogP contribution < -0.4 is 5.32 Å². The van der Waals surface area contributed by atoms with Crippen LogP contribution in [0.3, 0.4) is 0 Å². The first kappa shape index (κ1) is 12.4. The number of nitrogens with zero attached hydrogens (tertiary/aromatic N) is 1. The van der Waals surface area contributed by atoms with Gasteiger partial charge < -0.3 is 5.32 Å². The number of hydrogen-bond acceptors (Lipinski definition) is 3. The molecule has 0 aliphatic heterocycles. The minimum Gasteiger partial charge on any atom is -0.344 e. The van der Waals surface area contributed by atoms with Crippen molar-refractivity contribution in [1.29, 1.82) is 0 Å². The molecule has 0 unspecified atom stereocenters. The molecule has 1 aliphatic rings. The molecule has 1 aromatic heterocycles. The van der Waals surface area contributed by atoms with Crippen molar-refractivity contribution >= 4 is 17.2 Å². The van der Waals surface area contributed by atoms with E-state index in [1.165, 1.54) is 22.5 Å². The highest BCUT2D eigenvalue weighted by molar-refractivity contribution is 7.13. The molecule has 0 bridgehead atoms. The van der Waals surface area contributed by atoms with E-state index in [2.05, 4.69) is 28.5 Å². The van der Waals surface area contributed by atoms with Crippen molar-refractivity contribution in [3.63, 3.8) is 0 Å². The largest absolute Gasteiger partial charge is 0.344 e. The molecule has 19 heavy (non-hydrogen) atoms. The van der Waals surface area contributed by atoms with E-state index in [1.54, 1.807) is 0 Å². The third-order valence-corrected chi connectivity index (χ3v) is 4.62. The molecule has 3 nitrogen and oxygen atoms in total. The van der Waals surface area contributed by atoms with Crippen molar-refractivity contribution in [1.82, 2.24) is 10.3 Å². The molecule has 4 heteroatoms. The number of nitrogens with one attached hydrogen (secondary N) is 1. The summed E-state index contributed by atoms with van der Waals surface area (Å²) in [7, 11) is 0. The zero-order valence-corrected chi connectivity index (χ0v) is 11.9. The first-order valence-electron chi connectivity index (χ1n) is 6.48. The van der Waals surface area contributed by atoms with E-state index < -0.39 is 0 Å². The molecule has 1 amide bonds. The van der Waals surface area contributed by atoms with E-state index in [0.29, 0.717) is 0 Å². The Hall–Kier alpha value is -1.68. The molecule has 1 atom stereocenters. The summed E-state index contributed by atoms with van der Waals surface area (Å²) in [6.45, 7) is 3.82. The summed E-state index contributed by atoms with van der Waals surface area (Å²) >= 11 is 1.46. The zero-order chi connectivity index (χ0) is 13.4. The van der Waals surface area contributed by atoms with Gasteiger partial charge in [-0.3, -0.25) is 4.79 Å². The monoisotopic (exact) mass is 272 g/mol. The SMILES string of the molecule is Cc1nc(C)c(C(=O)N[C@@H]2CCc3ccccc32)s1. The number of carbonyl (C=O) groups excluding carboxylic acids is 1. The Balaban J connectivity index is 1.80. The van der Waals surface area contributed by atoms with Gasteiger partial charge in [-0.05, 0) is 37.8 Å². The molecule has 1 heterocycles. The number of rotatable bonds is 2. The minimum atomic E-state index is 0.00445. The van der Waals surface area contributed by atoms with E-state index in [-0.39, 0.29) is 11.9 Å². The van der Waals surface area contributed by atoms with Crippen LogP contribution in [0.15, 0.2) is 24.3 Å². The number of carbonyl (C=O) groups is 1. The lowest BCUT2D eigenvalue weighted by molar-refractivity contribution is 0.0940. The lowest BCUT2D eigenvalue weighted by atomic mass is 10.1. The first-order valence-corrected chi connectivity index (χ1v) is 7.29. The van der Waals surface area contributed by atoms with Gasteiger partial charge in [0, 0.05) is 0 Å². The summed E-state index contributed by atoms with van der Waals surface area (Å²) < 4.78 is 0. The van der Waals surface area contributed by atoms with Gasteiger partial charge in [0.05, 0.1) is 16.7 Å². The fraction of sp³-hybridized carbons (Fsp3) is 0.333. The van der Waals surface area contributed by atoms with Crippen LogP contribution in [-0.2, 0) is 6.42 Å². The van der Waals surface area contributed by atoms with Gasteiger partial charge >= 0.3 is 0 Å². The predicted octanol–water partition coefficient (Wildman–Crippen LogP) is 3.18. The van der Waals surface area contributed by atoms with Crippen LogP contribution in [0.4, 0.5) is 0 Å². The third kappa shape index (κ3) is 2.28. The summed E-state index contributed by atoms with van der Waals surface area (Å²) in [4.78, 5) is 17.4. The second-order valence-corrected chi connectivity index (χ2v) is 6.11. The Morgan fingerprint density at radius 1 is 1.37 bits per heavy atom. The second-order valence-electron chi connectivity index (χ2n) is 4.91. The van der Waals surface area contributed by atoms with Gasteiger partial charge in [0.2, 0.25) is 0 Å². The highest BCUT2D eigenvalue weighted by atomic mass is 32.1. The summed E-state index contributed by atoms with van der Waals surface area (Å²) in [5.74, 6) is 0.00445. The van der Waals surface area contributed by atoms with E-state index in [9.17, 15) is 4.79 Å². The summed E-state index contributed by atoms with van der Waals surface area (Å²) in [6, 6.07) is 8.48. The topological polar surface area (TPSA) is 42.0 Å². The lowest BCUT2D eigenvalue weighted by Gasteiger charge is -2.13. The Labute approximate surface area is 116 Å². The highest BCUT2D eigenvalue weighted by Crippen LogP contribution is 2.31. The zero-order valence-electron chi connectivity index (χ0n) is 11.1. The van der Waals surface area contributed by atoms with E-state index in [4.69, 9.17) is 0 Å². The molecule has 0 spiro atoms. The number of fused-ring (bicyclic) bond motifs is 1. The van der Waals surface area contributed by atoms with Crippen LogP contribution in [-0.4, -0.2) is 10.9 Å². The maximum absolute atomic E-state index is 12.3. The number of amides is 1. The molecule has 3 rings (SSSR count). The van der Waals surface area contributed by atoms with Gasteiger partial charge in [0.25, 0.3) is 5.91 Å². The lowest BCUT2D eigenvalue weighted by Crippen LogP contribution is -2.26. The number of thiazole rings is 1. The van der Waals surface area contributed by atoms with E-state index >= 15 is 0 Å². The Morgan fingerprint density at radius 2 is 2.16 bits per heavy atom. The molecule has 0 saturated carbocycles. The van der Waals surface area contributed by atoms with Crippen LogP contribution in [0.25, 0.3) is 0 Å². The Morgan fingerprint density at radius 3 is 2.89 bits per heavy atom. The number of hydrogen-bond donors (Lipinski definition) is 1. The molecule has 0 saturated heterocycles. The standard InChI is InChI=1S/C15H16N2OS/c1-9-14(19-10(2)16-9)15(18)17-13-8-7-11-5-3-4-6-12(11)13/h3-6,13H,7-8H2,1-2H3,(H,17,18)/t13-/m1/s1. The van der Waals surface area contributed by atoms with Crippen LogP contribution >= 0.6 is 11.3 Å². The molecule has 1 aromatic carbocycles. The molecular formula is C15H16N2OS. The van der Waals surface area contributed by atoms with Crippen molar-refractivity contribution in [2.24, 2.45) is 0 Å². The summed E-state index contributed by atoms with van der Waals surface area (Å²) in [6.07, 6.45) is 2.03. The van der Waals surface area contributed by atoms with Gasteiger partial charge in [-0.2, -0.15) is 0 Å². The number of aryl methyl sites for hydroxylation is 3. The van der Waals surface area contributed by atoms with Crippen molar-refractivity contribution < 1.29 is 4.79 Å². The maximum Gasteiger partial charge on any atom is 0.263 e. The third-order valence-electron chi connectivity index (χ3n) is 3.55. The molecular weight excluding hydrogens is 256 g/mol. The summed E-state index contributed by atoms with van der Waals surface area (Å²) in [5.41, 5.74) is 3.44. The van der Waals surface area contributed by atoms with E-state index in [0.717, 1.165) is 28.4 Å². The minimum absolute atomic E-state index is 0.00445. The number of benzene rings is 1. The van der Waals surface area contributed by atoms with Gasteiger partial charge in [0.1, 0.15) is 4.88 Å². The molecule has 98 valence electrons. The predicted molar refractivity (Wildman–Crippen MR) is 76.6 cm³/mol. The van der Waals surface area contributed by atoms with Crippen LogP contribution in [0.5, 0.6) is 0 Å². The van der Waals surface area contributed by atoms with Crippen LogP contribution in [0.1, 0.15) is 44.0 Å². The van der Waals surface area contributed by atoms with Crippen LogP contribution in [0, 0.1) is 13.8 Å².